The molecule has 0 aliphatic carbocycles. The highest BCUT2D eigenvalue weighted by molar-refractivity contribution is 7.12. The molecule has 0 radical (unpaired) electrons. The Morgan fingerprint density at radius 1 is 1.11 bits per heavy atom. The van der Waals surface area contributed by atoms with Gasteiger partial charge in [-0.3, -0.25) is 4.79 Å². The number of carbonyl (C=O) groups excluding carboxylic acids is 2. The molecule has 0 aliphatic rings. The average Bonchev–Trinajstić information content (AvgIpc) is 2.94. The van der Waals surface area contributed by atoms with E-state index in [-0.39, 0.29) is 11.9 Å². The fraction of sp³-hybridized carbons (Fsp3) is 0.0769. The smallest absolute Gasteiger partial charge is 0.337 e. The van der Waals surface area contributed by atoms with Crippen molar-refractivity contribution >= 4 is 23.2 Å². The molecule has 2 N–H and O–H groups in total. The maximum absolute atomic E-state index is 10.8. The van der Waals surface area contributed by atoms with Gasteiger partial charge < -0.3 is 10.5 Å². The van der Waals surface area contributed by atoms with Gasteiger partial charge in [0.1, 0.15) is 0 Å². The zero-order chi connectivity index (χ0) is 13.4. The summed E-state index contributed by atoms with van der Waals surface area (Å²) in [6.45, 7) is 0. The standard InChI is InChI=1S/C8H8O2.C5H5NOS/c1-10-8(9)7-5-3-2-4-6-7;6-5(7)4-2-1-3-8-4/h2-6H,1H3;1-3H,(H2,6,7). The summed E-state index contributed by atoms with van der Waals surface area (Å²) in [6.07, 6.45) is 0. The van der Waals surface area contributed by atoms with Gasteiger partial charge in [-0.25, -0.2) is 4.79 Å². The molecule has 4 nitrogen and oxygen atoms in total. The van der Waals surface area contributed by atoms with Crippen LogP contribution < -0.4 is 5.73 Å². The van der Waals surface area contributed by atoms with Crippen LogP contribution in [-0.4, -0.2) is 19.0 Å². The lowest BCUT2D eigenvalue weighted by Gasteiger charge is -1.95. The molecule has 1 aromatic carbocycles. The third-order valence-corrected chi connectivity index (χ3v) is 2.84. The van der Waals surface area contributed by atoms with Gasteiger partial charge in [-0.1, -0.05) is 24.3 Å². The summed E-state index contributed by atoms with van der Waals surface area (Å²) < 4.78 is 4.50. The number of thiophene rings is 1. The first-order chi connectivity index (χ1) is 8.65. The lowest BCUT2D eigenvalue weighted by Crippen LogP contribution is -2.07. The lowest BCUT2D eigenvalue weighted by atomic mass is 10.2. The summed E-state index contributed by atoms with van der Waals surface area (Å²) >= 11 is 1.36. The van der Waals surface area contributed by atoms with Crippen molar-refractivity contribution in [2.24, 2.45) is 5.73 Å². The second-order valence-corrected chi connectivity index (χ2v) is 4.15. The summed E-state index contributed by atoms with van der Waals surface area (Å²) in [5.41, 5.74) is 5.52. The molecule has 0 fully saturated rings. The van der Waals surface area contributed by atoms with E-state index in [1.807, 2.05) is 11.4 Å². The normalized spacial score (nSPS) is 8.94. The van der Waals surface area contributed by atoms with Crippen LogP contribution in [0.1, 0.15) is 20.0 Å². The Hall–Kier alpha value is -2.14. The van der Waals surface area contributed by atoms with Crippen LogP contribution in [-0.2, 0) is 4.74 Å². The molecular formula is C13H13NO3S. The molecule has 5 heteroatoms. The molecule has 0 aliphatic heterocycles. The zero-order valence-electron chi connectivity index (χ0n) is 9.83. The van der Waals surface area contributed by atoms with Gasteiger partial charge in [0, 0.05) is 0 Å². The predicted octanol–water partition coefficient (Wildman–Crippen LogP) is 2.32. The quantitative estimate of drug-likeness (QED) is 0.845. The molecule has 94 valence electrons. The summed E-state index contributed by atoms with van der Waals surface area (Å²) in [5.74, 6) is -0.638. The van der Waals surface area contributed by atoms with Gasteiger partial charge in [-0.2, -0.15) is 0 Å². The molecule has 0 atom stereocenters. The summed E-state index contributed by atoms with van der Waals surface area (Å²) in [6, 6.07) is 12.4. The van der Waals surface area contributed by atoms with Crippen LogP contribution in [0.15, 0.2) is 47.8 Å². The summed E-state index contributed by atoms with van der Waals surface area (Å²) in [7, 11) is 1.37. The van der Waals surface area contributed by atoms with Gasteiger partial charge in [-0.15, -0.1) is 11.3 Å². The van der Waals surface area contributed by atoms with Crippen molar-refractivity contribution in [2.45, 2.75) is 0 Å². The monoisotopic (exact) mass is 263 g/mol. The second kappa shape index (κ2) is 7.24. The molecule has 0 bridgehead atoms. The number of hydrogen-bond donors (Lipinski definition) is 1. The minimum atomic E-state index is -0.347. The number of methoxy groups -OCH3 is 1. The number of hydrogen-bond acceptors (Lipinski definition) is 4. The molecule has 2 rings (SSSR count). The van der Waals surface area contributed by atoms with Crippen LogP contribution in [0.2, 0.25) is 0 Å². The van der Waals surface area contributed by atoms with Crippen LogP contribution in [0, 0.1) is 0 Å². The largest absolute Gasteiger partial charge is 0.465 e. The minimum Gasteiger partial charge on any atom is -0.465 e. The number of rotatable bonds is 2. The Labute approximate surface area is 109 Å². The van der Waals surface area contributed by atoms with Crippen LogP contribution in [0.4, 0.5) is 0 Å². The average molecular weight is 263 g/mol. The van der Waals surface area contributed by atoms with Gasteiger partial charge in [0.15, 0.2) is 0 Å². The van der Waals surface area contributed by atoms with Crippen molar-refractivity contribution in [3.63, 3.8) is 0 Å². The first-order valence-corrected chi connectivity index (χ1v) is 5.99. The van der Waals surface area contributed by atoms with Crippen molar-refractivity contribution in [2.75, 3.05) is 7.11 Å². The Kier molecular flexibility index (Phi) is 5.60. The van der Waals surface area contributed by atoms with Crippen LogP contribution in [0.25, 0.3) is 0 Å². The van der Waals surface area contributed by atoms with Crippen molar-refractivity contribution in [3.05, 3.63) is 58.3 Å². The minimum absolute atomic E-state index is 0.291. The molecule has 18 heavy (non-hydrogen) atoms. The maximum Gasteiger partial charge on any atom is 0.337 e. The summed E-state index contributed by atoms with van der Waals surface area (Å²) in [4.78, 5) is 21.7. The lowest BCUT2D eigenvalue weighted by molar-refractivity contribution is 0.0600. The number of carbonyl (C=O) groups is 2. The van der Waals surface area contributed by atoms with E-state index in [2.05, 4.69) is 4.74 Å². The van der Waals surface area contributed by atoms with E-state index < -0.39 is 0 Å². The van der Waals surface area contributed by atoms with Gasteiger partial charge in [0.25, 0.3) is 5.91 Å². The number of ether oxygens (including phenoxy) is 1. The SMILES string of the molecule is COC(=O)c1ccccc1.NC(=O)c1cccs1. The van der Waals surface area contributed by atoms with Gasteiger partial charge >= 0.3 is 5.97 Å². The van der Waals surface area contributed by atoms with Crippen molar-refractivity contribution in [3.8, 4) is 0 Å². The third kappa shape index (κ3) is 4.39. The molecule has 1 amide bonds. The van der Waals surface area contributed by atoms with E-state index in [0.717, 1.165) is 0 Å². The predicted molar refractivity (Wildman–Crippen MR) is 70.6 cm³/mol. The molecule has 0 saturated heterocycles. The van der Waals surface area contributed by atoms with E-state index in [1.165, 1.54) is 18.4 Å². The number of nitrogens with two attached hydrogens (primary N) is 1. The molecule has 1 heterocycles. The molecule has 0 saturated carbocycles. The first-order valence-electron chi connectivity index (χ1n) is 5.12. The Morgan fingerprint density at radius 2 is 1.78 bits per heavy atom. The topological polar surface area (TPSA) is 69.4 Å². The number of esters is 1. The Morgan fingerprint density at radius 3 is 2.17 bits per heavy atom. The van der Waals surface area contributed by atoms with Gasteiger partial charge in [0.2, 0.25) is 0 Å². The van der Waals surface area contributed by atoms with E-state index in [9.17, 15) is 9.59 Å². The fourth-order valence-corrected chi connectivity index (χ4v) is 1.69. The van der Waals surface area contributed by atoms with Crippen molar-refractivity contribution in [1.82, 2.24) is 0 Å². The molecule has 0 unspecified atom stereocenters. The maximum atomic E-state index is 10.8. The highest BCUT2D eigenvalue weighted by atomic mass is 32.1. The summed E-state index contributed by atoms with van der Waals surface area (Å²) in [5, 5.41) is 1.82. The highest BCUT2D eigenvalue weighted by Crippen LogP contribution is 2.05. The van der Waals surface area contributed by atoms with Gasteiger partial charge in [0.05, 0.1) is 17.6 Å². The van der Waals surface area contributed by atoms with E-state index in [4.69, 9.17) is 5.73 Å². The van der Waals surface area contributed by atoms with E-state index >= 15 is 0 Å². The second-order valence-electron chi connectivity index (χ2n) is 3.20. The Bertz CT molecular complexity index is 494. The van der Waals surface area contributed by atoms with Crippen LogP contribution in [0.5, 0.6) is 0 Å². The number of amides is 1. The number of benzene rings is 1. The molecular weight excluding hydrogens is 250 g/mol. The van der Waals surface area contributed by atoms with Crippen LogP contribution in [0.3, 0.4) is 0 Å². The first kappa shape index (κ1) is 13.9. The van der Waals surface area contributed by atoms with Crippen LogP contribution >= 0.6 is 11.3 Å². The fourth-order valence-electron chi connectivity index (χ4n) is 1.11. The van der Waals surface area contributed by atoms with Gasteiger partial charge in [-0.05, 0) is 23.6 Å². The van der Waals surface area contributed by atoms with E-state index in [0.29, 0.717) is 10.4 Å². The Balaban J connectivity index is 0.000000184. The molecule has 0 spiro atoms. The van der Waals surface area contributed by atoms with Crippen molar-refractivity contribution < 1.29 is 14.3 Å². The zero-order valence-corrected chi connectivity index (χ0v) is 10.6. The third-order valence-electron chi connectivity index (χ3n) is 1.96. The number of primary amides is 1. The van der Waals surface area contributed by atoms with E-state index in [1.54, 1.807) is 36.4 Å². The highest BCUT2D eigenvalue weighted by Gasteiger charge is 2.00. The molecule has 1 aromatic heterocycles. The van der Waals surface area contributed by atoms with Crippen molar-refractivity contribution in [1.29, 1.82) is 0 Å². The molecule has 2 aromatic rings.